The second-order valence-electron chi connectivity index (χ2n) is 5.70. The highest BCUT2D eigenvalue weighted by Gasteiger charge is 2.36. The number of hydrogen-bond donors (Lipinski definition) is 0. The fourth-order valence-electron chi connectivity index (χ4n) is 3.05. The Morgan fingerprint density at radius 1 is 1.26 bits per heavy atom. The van der Waals surface area contributed by atoms with E-state index in [9.17, 15) is 18.0 Å². The van der Waals surface area contributed by atoms with Crippen molar-refractivity contribution < 1.29 is 18.0 Å². The molecule has 2 aliphatic rings. The summed E-state index contributed by atoms with van der Waals surface area (Å²) >= 11 is 1.29. The Labute approximate surface area is 139 Å². The van der Waals surface area contributed by atoms with Crippen molar-refractivity contribution in [3.63, 3.8) is 0 Å². The number of hydrogen-bond acceptors (Lipinski definition) is 5. The van der Waals surface area contributed by atoms with E-state index in [1.165, 1.54) is 17.4 Å². The molecule has 1 fully saturated rings. The summed E-state index contributed by atoms with van der Waals surface area (Å²) in [6.07, 6.45) is 2.49. The third-order valence-electron chi connectivity index (χ3n) is 4.37. The molecule has 1 aromatic heterocycles. The van der Waals surface area contributed by atoms with E-state index in [1.807, 2.05) is 0 Å². The van der Waals surface area contributed by atoms with Crippen molar-refractivity contribution in [1.82, 2.24) is 4.90 Å². The maximum atomic E-state index is 12.8. The van der Waals surface area contributed by atoms with Crippen molar-refractivity contribution in [2.45, 2.75) is 17.7 Å². The van der Waals surface area contributed by atoms with Crippen LogP contribution in [0.4, 0.5) is 5.00 Å². The summed E-state index contributed by atoms with van der Waals surface area (Å²) in [5.41, 5.74) is 0. The normalized spacial score (nSPS) is 20.9. The summed E-state index contributed by atoms with van der Waals surface area (Å²) in [6.45, 7) is 4.75. The number of thiophene rings is 1. The number of likely N-dealkylation sites (tertiary alicyclic amines) is 1. The first-order chi connectivity index (χ1) is 10.9. The molecule has 0 unspecified atom stereocenters. The van der Waals surface area contributed by atoms with Crippen molar-refractivity contribution in [3.8, 4) is 0 Å². The van der Waals surface area contributed by atoms with Gasteiger partial charge in [-0.25, -0.2) is 8.42 Å². The molecule has 6 nitrogen and oxygen atoms in total. The van der Waals surface area contributed by atoms with Gasteiger partial charge in [-0.2, -0.15) is 0 Å². The van der Waals surface area contributed by atoms with Crippen LogP contribution in [0.5, 0.6) is 0 Å². The van der Waals surface area contributed by atoms with Gasteiger partial charge < -0.3 is 9.80 Å². The van der Waals surface area contributed by atoms with Crippen LogP contribution in [0.15, 0.2) is 29.0 Å². The quantitative estimate of drug-likeness (QED) is 0.750. The molecule has 0 aliphatic carbocycles. The van der Waals surface area contributed by atoms with Gasteiger partial charge >= 0.3 is 0 Å². The minimum absolute atomic E-state index is 0.0315. The molecule has 23 heavy (non-hydrogen) atoms. The minimum Gasteiger partial charge on any atom is -0.339 e. The zero-order chi connectivity index (χ0) is 16.6. The summed E-state index contributed by atoms with van der Waals surface area (Å²) in [7, 11) is -3.27. The highest BCUT2D eigenvalue weighted by Crippen LogP contribution is 2.37. The van der Waals surface area contributed by atoms with E-state index in [1.54, 1.807) is 21.2 Å². The van der Waals surface area contributed by atoms with E-state index in [-0.39, 0.29) is 34.9 Å². The monoisotopic (exact) mass is 354 g/mol. The van der Waals surface area contributed by atoms with Crippen molar-refractivity contribution in [1.29, 1.82) is 0 Å². The van der Waals surface area contributed by atoms with Crippen molar-refractivity contribution in [3.05, 3.63) is 24.1 Å². The number of rotatable bonds is 2. The molecule has 3 rings (SSSR count). The number of piperidine rings is 1. The van der Waals surface area contributed by atoms with Gasteiger partial charge in [-0.15, -0.1) is 11.3 Å². The Morgan fingerprint density at radius 2 is 1.96 bits per heavy atom. The van der Waals surface area contributed by atoms with Crippen LogP contribution >= 0.6 is 11.3 Å². The molecular formula is C15H18N2O4S2. The maximum absolute atomic E-state index is 12.8. The smallest absolute Gasteiger partial charge is 0.245 e. The number of nitrogens with zero attached hydrogens (tertiary/aromatic N) is 2. The van der Waals surface area contributed by atoms with Crippen LogP contribution < -0.4 is 4.90 Å². The fourth-order valence-corrected chi connectivity index (χ4v) is 5.78. The summed E-state index contributed by atoms with van der Waals surface area (Å²) in [6, 6.07) is 1.57. The molecule has 1 aromatic rings. The molecule has 2 amide bonds. The average Bonchev–Trinajstić information content (AvgIpc) is 3.05. The van der Waals surface area contributed by atoms with Crippen LogP contribution in [0.25, 0.3) is 0 Å². The number of fused-ring (bicyclic) bond motifs is 1. The maximum Gasteiger partial charge on any atom is 0.245 e. The molecule has 0 N–H and O–H groups in total. The van der Waals surface area contributed by atoms with E-state index >= 15 is 0 Å². The van der Waals surface area contributed by atoms with Gasteiger partial charge in [-0.05, 0) is 30.4 Å². The van der Waals surface area contributed by atoms with Gasteiger partial charge in [0, 0.05) is 25.6 Å². The molecule has 0 atom stereocenters. The summed E-state index contributed by atoms with van der Waals surface area (Å²) in [5.74, 6) is -0.342. The van der Waals surface area contributed by atoms with Gasteiger partial charge in [0.1, 0.15) is 9.90 Å². The van der Waals surface area contributed by atoms with Crippen LogP contribution in [-0.4, -0.2) is 50.5 Å². The number of sulfone groups is 1. The van der Waals surface area contributed by atoms with Crippen LogP contribution in [0.3, 0.4) is 0 Å². The predicted molar refractivity (Wildman–Crippen MR) is 88.2 cm³/mol. The average molecular weight is 354 g/mol. The number of carbonyl (C=O) groups excluding carboxylic acids is 2. The molecule has 0 spiro atoms. The lowest BCUT2D eigenvalue weighted by molar-refractivity contribution is -0.131. The summed E-state index contributed by atoms with van der Waals surface area (Å²) in [5, 5.41) is 2.24. The lowest BCUT2D eigenvalue weighted by Gasteiger charge is -2.34. The van der Waals surface area contributed by atoms with Gasteiger partial charge in [0.15, 0.2) is 9.84 Å². The Morgan fingerprint density at radius 3 is 2.61 bits per heavy atom. The predicted octanol–water partition coefficient (Wildman–Crippen LogP) is 1.29. The first kappa shape index (κ1) is 16.2. The van der Waals surface area contributed by atoms with E-state index in [4.69, 9.17) is 0 Å². The van der Waals surface area contributed by atoms with E-state index in [2.05, 4.69) is 6.58 Å². The van der Waals surface area contributed by atoms with Crippen LogP contribution in [0, 0.1) is 5.92 Å². The van der Waals surface area contributed by atoms with Gasteiger partial charge in [0.2, 0.25) is 11.8 Å². The Hall–Kier alpha value is -1.67. The first-order valence-corrected chi connectivity index (χ1v) is 10.00. The molecule has 124 valence electrons. The zero-order valence-corrected chi connectivity index (χ0v) is 14.2. The third-order valence-corrected chi connectivity index (χ3v) is 7.15. The summed E-state index contributed by atoms with van der Waals surface area (Å²) in [4.78, 5) is 27.9. The van der Waals surface area contributed by atoms with Gasteiger partial charge in [0.05, 0.1) is 5.75 Å². The largest absolute Gasteiger partial charge is 0.339 e. The minimum atomic E-state index is -3.27. The molecule has 3 heterocycles. The SMILES string of the molecule is C=CC(=O)N1CCC(C(=O)N2CCS(=O)(=O)c3ccsc32)CC1. The highest BCUT2D eigenvalue weighted by atomic mass is 32.2. The lowest BCUT2D eigenvalue weighted by Crippen LogP contribution is -2.46. The topological polar surface area (TPSA) is 74.8 Å². The zero-order valence-electron chi connectivity index (χ0n) is 12.6. The summed E-state index contributed by atoms with van der Waals surface area (Å²) < 4.78 is 24.1. The molecule has 0 aromatic carbocycles. The molecule has 2 aliphatic heterocycles. The van der Waals surface area contributed by atoms with E-state index in [0.29, 0.717) is 30.9 Å². The van der Waals surface area contributed by atoms with Gasteiger partial charge in [-0.1, -0.05) is 6.58 Å². The van der Waals surface area contributed by atoms with E-state index in [0.717, 1.165) is 0 Å². The van der Waals surface area contributed by atoms with Crippen LogP contribution in [0.1, 0.15) is 12.8 Å². The van der Waals surface area contributed by atoms with Crippen molar-refractivity contribution in [2.24, 2.45) is 5.92 Å². The molecular weight excluding hydrogens is 336 g/mol. The second-order valence-corrected chi connectivity index (χ2v) is 8.67. The Bertz CT molecular complexity index is 745. The number of anilines is 1. The molecule has 0 bridgehead atoms. The lowest BCUT2D eigenvalue weighted by atomic mass is 9.95. The Balaban J connectivity index is 1.73. The first-order valence-electron chi connectivity index (χ1n) is 7.47. The van der Waals surface area contributed by atoms with Crippen LogP contribution in [-0.2, 0) is 19.4 Å². The van der Waals surface area contributed by atoms with E-state index < -0.39 is 9.84 Å². The molecule has 0 saturated carbocycles. The van der Waals surface area contributed by atoms with Crippen LogP contribution in [0.2, 0.25) is 0 Å². The molecule has 0 radical (unpaired) electrons. The fraction of sp³-hybridized carbons (Fsp3) is 0.467. The number of amides is 2. The highest BCUT2D eigenvalue weighted by molar-refractivity contribution is 7.91. The number of carbonyl (C=O) groups is 2. The molecule has 8 heteroatoms. The Kier molecular flexibility index (Phi) is 4.29. The van der Waals surface area contributed by atoms with Crippen molar-refractivity contribution in [2.75, 3.05) is 30.3 Å². The van der Waals surface area contributed by atoms with Crippen molar-refractivity contribution >= 4 is 38.0 Å². The standard InChI is InChI=1S/C15H18N2O4S2/c1-2-13(18)16-6-3-11(4-7-16)14(19)17-8-10-23(20,21)12-5-9-22-15(12)17/h2,5,9,11H,1,3-4,6-8,10H2. The van der Waals surface area contributed by atoms with Gasteiger partial charge in [-0.3, -0.25) is 9.59 Å². The molecule has 1 saturated heterocycles. The third kappa shape index (κ3) is 2.92. The van der Waals surface area contributed by atoms with Gasteiger partial charge in [0.25, 0.3) is 0 Å². The second kappa shape index (κ2) is 6.09.